The molecular weight excluding hydrogens is 253 g/mol. The molecule has 0 saturated heterocycles. The topological polar surface area (TPSA) is 48.0 Å². The molecular formula is C10H11F3N2OS. The number of thiocarbonyl (C=S) groups is 1. The van der Waals surface area contributed by atoms with E-state index >= 15 is 0 Å². The molecule has 0 aromatic carbocycles. The van der Waals surface area contributed by atoms with Crippen molar-refractivity contribution in [3.05, 3.63) is 34.2 Å². The van der Waals surface area contributed by atoms with Crippen molar-refractivity contribution in [2.75, 3.05) is 0 Å². The molecule has 0 spiro atoms. The predicted molar refractivity (Wildman–Crippen MR) is 61.7 cm³/mol. The lowest BCUT2D eigenvalue weighted by atomic mass is 10.2. The Morgan fingerprint density at radius 1 is 1.53 bits per heavy atom. The van der Waals surface area contributed by atoms with Gasteiger partial charge in [0, 0.05) is 24.7 Å². The highest BCUT2D eigenvalue weighted by atomic mass is 32.1. The van der Waals surface area contributed by atoms with Gasteiger partial charge in [-0.15, -0.1) is 0 Å². The molecule has 17 heavy (non-hydrogen) atoms. The van der Waals surface area contributed by atoms with Gasteiger partial charge in [0.25, 0.3) is 5.56 Å². The number of nitrogens with two attached hydrogens (primary N) is 1. The zero-order valence-corrected chi connectivity index (χ0v) is 9.81. The molecule has 0 aliphatic rings. The quantitative estimate of drug-likeness (QED) is 0.847. The first-order valence-corrected chi connectivity index (χ1v) is 5.19. The molecule has 0 aliphatic heterocycles. The summed E-state index contributed by atoms with van der Waals surface area (Å²) < 4.78 is 38.3. The molecule has 0 radical (unpaired) electrons. The van der Waals surface area contributed by atoms with Crippen LogP contribution in [0.1, 0.15) is 12.5 Å². The molecule has 0 amide bonds. The lowest BCUT2D eigenvalue weighted by molar-refractivity contribution is -0.138. The van der Waals surface area contributed by atoms with Gasteiger partial charge in [0.1, 0.15) is 0 Å². The lowest BCUT2D eigenvalue weighted by Crippen LogP contribution is -2.29. The summed E-state index contributed by atoms with van der Waals surface area (Å²) >= 11 is 4.71. The average Bonchev–Trinajstić information content (AvgIpc) is 2.19. The third-order valence-electron chi connectivity index (χ3n) is 2.27. The number of alkyl halides is 3. The van der Waals surface area contributed by atoms with Crippen LogP contribution in [0.15, 0.2) is 23.1 Å². The Morgan fingerprint density at radius 2 is 2.12 bits per heavy atom. The minimum absolute atomic E-state index is 0.0398. The minimum Gasteiger partial charge on any atom is -0.393 e. The number of hydrogen-bond acceptors (Lipinski definition) is 2. The second-order valence-electron chi connectivity index (χ2n) is 3.71. The molecule has 1 unspecified atom stereocenters. The summed E-state index contributed by atoms with van der Waals surface area (Å²) in [5.41, 5.74) is 3.97. The zero-order valence-electron chi connectivity index (χ0n) is 8.99. The molecule has 0 aliphatic carbocycles. The molecule has 94 valence electrons. The Morgan fingerprint density at radius 3 is 2.59 bits per heavy atom. The maximum Gasteiger partial charge on any atom is 0.417 e. The average molecular weight is 264 g/mol. The Labute approximate surface area is 101 Å². The van der Waals surface area contributed by atoms with E-state index in [9.17, 15) is 18.0 Å². The van der Waals surface area contributed by atoms with Crippen LogP contribution in [0.2, 0.25) is 0 Å². The number of nitrogens with zero attached hydrogens (tertiary/aromatic N) is 1. The molecule has 3 nitrogen and oxygen atoms in total. The van der Waals surface area contributed by atoms with Gasteiger partial charge in [-0.1, -0.05) is 19.1 Å². The Hall–Kier alpha value is -1.37. The van der Waals surface area contributed by atoms with E-state index in [0.717, 1.165) is 22.9 Å². The van der Waals surface area contributed by atoms with Crippen molar-refractivity contribution in [1.29, 1.82) is 0 Å². The van der Waals surface area contributed by atoms with Crippen molar-refractivity contribution in [2.45, 2.75) is 19.6 Å². The molecule has 2 N–H and O–H groups in total. The monoisotopic (exact) mass is 264 g/mol. The molecule has 0 bridgehead atoms. The SMILES string of the molecule is CC(Cn1cc(C(F)(F)F)ccc1=O)C(N)=S. The summed E-state index contributed by atoms with van der Waals surface area (Å²) in [6.45, 7) is 1.69. The van der Waals surface area contributed by atoms with Gasteiger partial charge in [-0.05, 0) is 6.07 Å². The third-order valence-corrected chi connectivity index (χ3v) is 2.67. The van der Waals surface area contributed by atoms with Gasteiger partial charge in [-0.2, -0.15) is 13.2 Å². The molecule has 0 saturated carbocycles. The number of pyridine rings is 1. The zero-order chi connectivity index (χ0) is 13.2. The van der Waals surface area contributed by atoms with Crippen molar-refractivity contribution in [3.8, 4) is 0 Å². The van der Waals surface area contributed by atoms with Crippen molar-refractivity contribution in [2.24, 2.45) is 11.7 Å². The van der Waals surface area contributed by atoms with Crippen LogP contribution in [0.25, 0.3) is 0 Å². The summed E-state index contributed by atoms with van der Waals surface area (Å²) in [4.78, 5) is 11.5. The molecule has 1 aromatic heterocycles. The van der Waals surface area contributed by atoms with E-state index < -0.39 is 17.3 Å². The van der Waals surface area contributed by atoms with E-state index in [4.69, 9.17) is 18.0 Å². The van der Waals surface area contributed by atoms with Gasteiger partial charge >= 0.3 is 6.18 Å². The van der Waals surface area contributed by atoms with Gasteiger partial charge in [0.15, 0.2) is 0 Å². The van der Waals surface area contributed by atoms with E-state index in [-0.39, 0.29) is 17.5 Å². The van der Waals surface area contributed by atoms with Crippen LogP contribution in [0.4, 0.5) is 13.2 Å². The Kier molecular flexibility index (Phi) is 3.92. The van der Waals surface area contributed by atoms with Crippen LogP contribution in [-0.2, 0) is 12.7 Å². The van der Waals surface area contributed by atoms with E-state index in [0.29, 0.717) is 0 Å². The molecule has 7 heteroatoms. The predicted octanol–water partition coefficient (Wildman–Crippen LogP) is 1.79. The van der Waals surface area contributed by atoms with Gasteiger partial charge < -0.3 is 10.3 Å². The van der Waals surface area contributed by atoms with Crippen molar-refractivity contribution < 1.29 is 13.2 Å². The summed E-state index contributed by atoms with van der Waals surface area (Å²) in [5.74, 6) is -0.341. The maximum absolute atomic E-state index is 12.4. The van der Waals surface area contributed by atoms with Gasteiger partial charge in [0.05, 0.1) is 10.6 Å². The van der Waals surface area contributed by atoms with E-state index in [1.807, 2.05) is 0 Å². The fourth-order valence-electron chi connectivity index (χ4n) is 1.23. The molecule has 1 heterocycles. The van der Waals surface area contributed by atoms with Gasteiger partial charge in [0.2, 0.25) is 0 Å². The highest BCUT2D eigenvalue weighted by Gasteiger charge is 2.31. The van der Waals surface area contributed by atoms with Crippen LogP contribution in [0.3, 0.4) is 0 Å². The maximum atomic E-state index is 12.4. The van der Waals surface area contributed by atoms with Crippen LogP contribution in [0, 0.1) is 5.92 Å². The van der Waals surface area contributed by atoms with Crippen LogP contribution in [-0.4, -0.2) is 9.56 Å². The Bertz CT molecular complexity index is 481. The fraction of sp³-hybridized carbons (Fsp3) is 0.400. The standard InChI is InChI=1S/C10H11F3N2OS/c1-6(9(14)17)4-15-5-7(10(11,12)13)2-3-8(15)16/h2-3,5-6H,4H2,1H3,(H2,14,17). The summed E-state index contributed by atoms with van der Waals surface area (Å²) in [6.07, 6.45) is -3.70. The first kappa shape index (κ1) is 13.7. The normalized spacial score (nSPS) is 13.4. The van der Waals surface area contributed by atoms with Gasteiger partial charge in [-0.25, -0.2) is 0 Å². The smallest absolute Gasteiger partial charge is 0.393 e. The summed E-state index contributed by atoms with van der Waals surface area (Å²) in [6, 6.07) is 1.64. The highest BCUT2D eigenvalue weighted by Crippen LogP contribution is 2.28. The fourth-order valence-corrected chi connectivity index (χ4v) is 1.30. The molecule has 0 fully saturated rings. The molecule has 1 rings (SSSR count). The number of hydrogen-bond donors (Lipinski definition) is 1. The summed E-state index contributed by atoms with van der Waals surface area (Å²) in [5, 5.41) is 0. The summed E-state index contributed by atoms with van der Waals surface area (Å²) in [7, 11) is 0. The highest BCUT2D eigenvalue weighted by molar-refractivity contribution is 7.80. The first-order chi connectivity index (χ1) is 7.71. The van der Waals surface area contributed by atoms with Crippen molar-refractivity contribution >= 4 is 17.2 Å². The van der Waals surface area contributed by atoms with E-state index in [2.05, 4.69) is 0 Å². The van der Waals surface area contributed by atoms with Crippen LogP contribution < -0.4 is 11.3 Å². The minimum atomic E-state index is -4.47. The van der Waals surface area contributed by atoms with Crippen LogP contribution in [0.5, 0.6) is 0 Å². The van der Waals surface area contributed by atoms with Crippen molar-refractivity contribution in [1.82, 2.24) is 4.57 Å². The van der Waals surface area contributed by atoms with E-state index in [1.54, 1.807) is 6.92 Å². The van der Waals surface area contributed by atoms with Crippen molar-refractivity contribution in [3.63, 3.8) is 0 Å². The molecule has 1 atom stereocenters. The Balaban J connectivity index is 3.08. The molecule has 1 aromatic rings. The first-order valence-electron chi connectivity index (χ1n) is 4.79. The lowest BCUT2D eigenvalue weighted by Gasteiger charge is -2.14. The van der Waals surface area contributed by atoms with Crippen LogP contribution >= 0.6 is 12.2 Å². The second-order valence-corrected chi connectivity index (χ2v) is 4.18. The number of halogens is 3. The number of aromatic nitrogens is 1. The van der Waals surface area contributed by atoms with E-state index in [1.165, 1.54) is 0 Å². The van der Waals surface area contributed by atoms with Gasteiger partial charge in [-0.3, -0.25) is 4.79 Å². The number of rotatable bonds is 3. The second kappa shape index (κ2) is 4.87. The third kappa shape index (κ3) is 3.55. The largest absolute Gasteiger partial charge is 0.417 e.